The van der Waals surface area contributed by atoms with Crippen LogP contribution in [0.2, 0.25) is 0 Å². The van der Waals surface area contributed by atoms with Gasteiger partial charge in [0, 0.05) is 11.6 Å². The Labute approximate surface area is 99.6 Å². The lowest BCUT2D eigenvalue weighted by atomic mass is 10.1. The van der Waals surface area contributed by atoms with E-state index in [0.717, 1.165) is 0 Å². The van der Waals surface area contributed by atoms with Crippen molar-refractivity contribution in [2.24, 2.45) is 11.7 Å². The Hall–Kier alpha value is -1.88. The molecule has 17 heavy (non-hydrogen) atoms. The number of amides is 1. The molecule has 5 nitrogen and oxygen atoms in total. The highest BCUT2D eigenvalue weighted by Crippen LogP contribution is 2.12. The average Bonchev–Trinajstić information content (AvgIpc) is 2.30. The number of nitrogens with one attached hydrogen (secondary N) is 1. The van der Waals surface area contributed by atoms with Gasteiger partial charge in [0.2, 0.25) is 5.91 Å². The second-order valence-corrected chi connectivity index (χ2v) is 3.85. The van der Waals surface area contributed by atoms with E-state index < -0.39 is 5.97 Å². The normalized spacial score (nSPS) is 11.9. The van der Waals surface area contributed by atoms with Crippen LogP contribution in [0, 0.1) is 5.92 Å². The van der Waals surface area contributed by atoms with E-state index in [2.05, 4.69) is 5.32 Å². The van der Waals surface area contributed by atoms with E-state index in [4.69, 9.17) is 10.8 Å². The van der Waals surface area contributed by atoms with E-state index in [1.54, 1.807) is 19.1 Å². The Balaban J connectivity index is 2.63. The van der Waals surface area contributed by atoms with Gasteiger partial charge in [0.15, 0.2) is 0 Å². The quantitative estimate of drug-likeness (QED) is 0.718. The van der Waals surface area contributed by atoms with Crippen LogP contribution in [0.3, 0.4) is 0 Å². The zero-order valence-electron chi connectivity index (χ0n) is 9.64. The van der Waals surface area contributed by atoms with Crippen molar-refractivity contribution in [2.45, 2.75) is 13.3 Å². The van der Waals surface area contributed by atoms with Crippen LogP contribution in [-0.4, -0.2) is 23.5 Å². The molecule has 92 valence electrons. The fraction of sp³-hybridized carbons (Fsp3) is 0.333. The van der Waals surface area contributed by atoms with Gasteiger partial charge in [-0.05, 0) is 37.2 Å². The highest BCUT2D eigenvalue weighted by Gasteiger charge is 2.12. The number of rotatable bonds is 5. The minimum Gasteiger partial charge on any atom is -0.478 e. The molecule has 0 aliphatic rings. The SMILES string of the molecule is CC(CCN)C(=O)Nc1ccc(C(=O)O)cc1. The van der Waals surface area contributed by atoms with Gasteiger partial charge in [-0.3, -0.25) is 4.79 Å². The standard InChI is InChI=1S/C12H16N2O3/c1-8(6-7-13)11(15)14-10-4-2-9(3-5-10)12(16)17/h2-5,8H,6-7,13H2,1H3,(H,14,15)(H,16,17). The van der Waals surface area contributed by atoms with Gasteiger partial charge in [0.25, 0.3) is 0 Å². The van der Waals surface area contributed by atoms with Crippen molar-refractivity contribution in [3.63, 3.8) is 0 Å². The summed E-state index contributed by atoms with van der Waals surface area (Å²) in [5.74, 6) is -1.25. The molecule has 4 N–H and O–H groups in total. The van der Waals surface area contributed by atoms with E-state index in [0.29, 0.717) is 18.7 Å². The Morgan fingerprint density at radius 1 is 1.35 bits per heavy atom. The molecule has 1 aromatic rings. The molecular formula is C12H16N2O3. The second kappa shape index (κ2) is 6.00. The van der Waals surface area contributed by atoms with Gasteiger partial charge in [0.05, 0.1) is 5.56 Å². The van der Waals surface area contributed by atoms with E-state index in [-0.39, 0.29) is 17.4 Å². The van der Waals surface area contributed by atoms with E-state index >= 15 is 0 Å². The Bertz CT molecular complexity index is 401. The summed E-state index contributed by atoms with van der Waals surface area (Å²) in [5.41, 5.74) is 6.15. The third kappa shape index (κ3) is 3.88. The summed E-state index contributed by atoms with van der Waals surface area (Å²) < 4.78 is 0. The van der Waals surface area contributed by atoms with Crippen LogP contribution in [0.15, 0.2) is 24.3 Å². The first-order chi connectivity index (χ1) is 8.04. The van der Waals surface area contributed by atoms with Crippen molar-refractivity contribution in [1.82, 2.24) is 0 Å². The average molecular weight is 236 g/mol. The lowest BCUT2D eigenvalue weighted by molar-refractivity contribution is -0.119. The molecule has 0 saturated heterocycles. The largest absolute Gasteiger partial charge is 0.478 e. The topological polar surface area (TPSA) is 92.4 Å². The lowest BCUT2D eigenvalue weighted by Gasteiger charge is -2.11. The molecular weight excluding hydrogens is 220 g/mol. The smallest absolute Gasteiger partial charge is 0.335 e. The number of nitrogens with two attached hydrogens (primary N) is 1. The van der Waals surface area contributed by atoms with Crippen LogP contribution in [0.25, 0.3) is 0 Å². The lowest BCUT2D eigenvalue weighted by Crippen LogP contribution is -2.22. The van der Waals surface area contributed by atoms with E-state index in [1.807, 2.05) is 0 Å². The van der Waals surface area contributed by atoms with E-state index in [1.165, 1.54) is 12.1 Å². The Kier molecular flexibility index (Phi) is 4.66. The number of carbonyl (C=O) groups excluding carboxylic acids is 1. The van der Waals surface area contributed by atoms with Crippen LogP contribution >= 0.6 is 0 Å². The minimum atomic E-state index is -0.987. The van der Waals surface area contributed by atoms with Crippen molar-refractivity contribution >= 4 is 17.6 Å². The van der Waals surface area contributed by atoms with Crippen LogP contribution in [0.1, 0.15) is 23.7 Å². The van der Waals surface area contributed by atoms with Gasteiger partial charge in [-0.1, -0.05) is 6.92 Å². The molecule has 0 fully saturated rings. The van der Waals surface area contributed by atoms with Crippen molar-refractivity contribution in [3.8, 4) is 0 Å². The number of carboxylic acid groups (broad SMARTS) is 1. The molecule has 0 saturated carbocycles. The number of carboxylic acids is 1. The molecule has 1 unspecified atom stereocenters. The molecule has 0 aliphatic heterocycles. The number of hydrogen-bond acceptors (Lipinski definition) is 3. The van der Waals surface area contributed by atoms with Crippen molar-refractivity contribution in [3.05, 3.63) is 29.8 Å². The van der Waals surface area contributed by atoms with Gasteiger partial charge >= 0.3 is 5.97 Å². The number of anilines is 1. The molecule has 0 bridgehead atoms. The molecule has 0 heterocycles. The molecule has 0 aliphatic carbocycles. The molecule has 5 heteroatoms. The molecule has 1 amide bonds. The fourth-order valence-corrected chi connectivity index (χ4v) is 1.34. The van der Waals surface area contributed by atoms with Crippen LogP contribution in [0.5, 0.6) is 0 Å². The van der Waals surface area contributed by atoms with Gasteiger partial charge in [-0.25, -0.2) is 4.79 Å². The van der Waals surface area contributed by atoms with Gasteiger partial charge in [-0.2, -0.15) is 0 Å². The molecule has 1 aromatic carbocycles. The molecule has 1 atom stereocenters. The van der Waals surface area contributed by atoms with Crippen molar-refractivity contribution in [2.75, 3.05) is 11.9 Å². The first-order valence-corrected chi connectivity index (χ1v) is 5.39. The summed E-state index contributed by atoms with van der Waals surface area (Å²) in [6.45, 7) is 2.26. The van der Waals surface area contributed by atoms with Gasteiger partial charge in [0.1, 0.15) is 0 Å². The highest BCUT2D eigenvalue weighted by molar-refractivity contribution is 5.93. The first-order valence-electron chi connectivity index (χ1n) is 5.39. The minimum absolute atomic E-state index is 0.112. The molecule has 0 radical (unpaired) electrons. The predicted molar refractivity (Wildman–Crippen MR) is 64.9 cm³/mol. The molecule has 0 aromatic heterocycles. The number of carbonyl (C=O) groups is 2. The van der Waals surface area contributed by atoms with Crippen LogP contribution in [-0.2, 0) is 4.79 Å². The maximum absolute atomic E-state index is 11.6. The summed E-state index contributed by atoms with van der Waals surface area (Å²) >= 11 is 0. The fourth-order valence-electron chi connectivity index (χ4n) is 1.34. The first kappa shape index (κ1) is 13.2. The Morgan fingerprint density at radius 3 is 2.41 bits per heavy atom. The van der Waals surface area contributed by atoms with Gasteiger partial charge in [-0.15, -0.1) is 0 Å². The van der Waals surface area contributed by atoms with Crippen molar-refractivity contribution < 1.29 is 14.7 Å². The maximum atomic E-state index is 11.6. The summed E-state index contributed by atoms with van der Waals surface area (Å²) in [6.07, 6.45) is 0.624. The maximum Gasteiger partial charge on any atom is 0.335 e. The van der Waals surface area contributed by atoms with Gasteiger partial charge < -0.3 is 16.2 Å². The van der Waals surface area contributed by atoms with Crippen LogP contribution in [0.4, 0.5) is 5.69 Å². The zero-order chi connectivity index (χ0) is 12.8. The zero-order valence-corrected chi connectivity index (χ0v) is 9.64. The molecule has 1 rings (SSSR count). The second-order valence-electron chi connectivity index (χ2n) is 3.85. The number of benzene rings is 1. The summed E-state index contributed by atoms with van der Waals surface area (Å²) in [6, 6.07) is 6.03. The third-order valence-electron chi connectivity index (χ3n) is 2.45. The summed E-state index contributed by atoms with van der Waals surface area (Å²) in [4.78, 5) is 22.3. The third-order valence-corrected chi connectivity index (χ3v) is 2.45. The van der Waals surface area contributed by atoms with Crippen LogP contribution < -0.4 is 11.1 Å². The van der Waals surface area contributed by atoms with Crippen molar-refractivity contribution in [1.29, 1.82) is 0 Å². The number of hydrogen-bond donors (Lipinski definition) is 3. The summed E-state index contributed by atoms with van der Waals surface area (Å²) in [7, 11) is 0. The number of aromatic carboxylic acids is 1. The Morgan fingerprint density at radius 2 is 1.94 bits per heavy atom. The van der Waals surface area contributed by atoms with E-state index in [9.17, 15) is 9.59 Å². The predicted octanol–water partition coefficient (Wildman–Crippen LogP) is 1.31. The monoisotopic (exact) mass is 236 g/mol. The molecule has 0 spiro atoms. The highest BCUT2D eigenvalue weighted by atomic mass is 16.4. The summed E-state index contributed by atoms with van der Waals surface area (Å²) in [5, 5.41) is 11.4.